The van der Waals surface area contributed by atoms with E-state index in [2.05, 4.69) is 5.32 Å². The molecular formula is C17H22N2O4. The van der Waals surface area contributed by atoms with E-state index in [4.69, 9.17) is 5.11 Å². The van der Waals surface area contributed by atoms with Crippen molar-refractivity contribution in [1.29, 1.82) is 0 Å². The lowest BCUT2D eigenvalue weighted by Gasteiger charge is -2.19. The van der Waals surface area contributed by atoms with Crippen LogP contribution in [0.2, 0.25) is 0 Å². The third-order valence-corrected chi connectivity index (χ3v) is 4.01. The number of carbonyl (C=O) groups excluding carboxylic acids is 2. The van der Waals surface area contributed by atoms with Gasteiger partial charge in [0.1, 0.15) is 0 Å². The van der Waals surface area contributed by atoms with E-state index in [0.29, 0.717) is 25.9 Å². The first-order valence-electron chi connectivity index (χ1n) is 7.69. The molecule has 6 nitrogen and oxygen atoms in total. The van der Waals surface area contributed by atoms with Crippen molar-refractivity contribution >= 4 is 17.9 Å². The molecular weight excluding hydrogens is 296 g/mol. The van der Waals surface area contributed by atoms with Gasteiger partial charge in [-0.2, -0.15) is 0 Å². The van der Waals surface area contributed by atoms with Crippen molar-refractivity contribution in [3.8, 4) is 0 Å². The SMILES string of the molecule is CC(C)(Cc1ccc(CNC(=O)N2CCCC2=O)cc1)C(=O)O. The molecule has 0 atom stereocenters. The molecule has 1 aromatic rings. The average molecular weight is 318 g/mol. The number of carboxylic acids is 1. The molecule has 0 aliphatic carbocycles. The van der Waals surface area contributed by atoms with Gasteiger partial charge in [-0.15, -0.1) is 0 Å². The predicted molar refractivity (Wildman–Crippen MR) is 84.7 cm³/mol. The number of benzene rings is 1. The summed E-state index contributed by atoms with van der Waals surface area (Å²) in [4.78, 5) is 35.7. The highest BCUT2D eigenvalue weighted by atomic mass is 16.4. The molecule has 0 unspecified atom stereocenters. The molecule has 124 valence electrons. The quantitative estimate of drug-likeness (QED) is 0.871. The molecule has 1 aliphatic heterocycles. The summed E-state index contributed by atoms with van der Waals surface area (Å²) in [7, 11) is 0. The Morgan fingerprint density at radius 3 is 2.35 bits per heavy atom. The van der Waals surface area contributed by atoms with Crippen LogP contribution in [-0.4, -0.2) is 34.5 Å². The normalized spacial score (nSPS) is 14.9. The van der Waals surface area contributed by atoms with Crippen molar-refractivity contribution in [3.05, 3.63) is 35.4 Å². The fraction of sp³-hybridized carbons (Fsp3) is 0.471. The van der Waals surface area contributed by atoms with Crippen LogP contribution < -0.4 is 5.32 Å². The molecule has 1 aliphatic rings. The number of nitrogens with zero attached hydrogens (tertiary/aromatic N) is 1. The van der Waals surface area contributed by atoms with Gasteiger partial charge in [0.25, 0.3) is 0 Å². The van der Waals surface area contributed by atoms with Gasteiger partial charge in [0.05, 0.1) is 5.41 Å². The van der Waals surface area contributed by atoms with Gasteiger partial charge >= 0.3 is 12.0 Å². The maximum atomic E-state index is 11.9. The summed E-state index contributed by atoms with van der Waals surface area (Å²) in [5.74, 6) is -0.960. The number of rotatable bonds is 5. The molecule has 1 fully saturated rings. The van der Waals surface area contributed by atoms with Crippen molar-refractivity contribution < 1.29 is 19.5 Å². The highest BCUT2D eigenvalue weighted by Gasteiger charge is 2.27. The van der Waals surface area contributed by atoms with Crippen LogP contribution in [0.5, 0.6) is 0 Å². The Bertz CT molecular complexity index is 608. The largest absolute Gasteiger partial charge is 0.481 e. The topological polar surface area (TPSA) is 86.7 Å². The van der Waals surface area contributed by atoms with Gasteiger partial charge in [-0.1, -0.05) is 24.3 Å². The van der Waals surface area contributed by atoms with Crippen molar-refractivity contribution in [3.63, 3.8) is 0 Å². The Morgan fingerprint density at radius 1 is 1.22 bits per heavy atom. The van der Waals surface area contributed by atoms with E-state index >= 15 is 0 Å². The van der Waals surface area contributed by atoms with E-state index in [-0.39, 0.29) is 11.9 Å². The summed E-state index contributed by atoms with van der Waals surface area (Å²) in [5.41, 5.74) is 1.02. The van der Waals surface area contributed by atoms with Gasteiger partial charge < -0.3 is 10.4 Å². The van der Waals surface area contributed by atoms with Crippen molar-refractivity contribution in [1.82, 2.24) is 10.2 Å². The van der Waals surface area contributed by atoms with Crippen LogP contribution in [0, 0.1) is 5.41 Å². The minimum atomic E-state index is -0.830. The summed E-state index contributed by atoms with van der Waals surface area (Å²) in [5, 5.41) is 11.9. The number of hydrogen-bond acceptors (Lipinski definition) is 3. The van der Waals surface area contributed by atoms with Crippen LogP contribution in [0.15, 0.2) is 24.3 Å². The summed E-state index contributed by atoms with van der Waals surface area (Å²) in [6.45, 7) is 4.20. The van der Waals surface area contributed by atoms with Crippen LogP contribution >= 0.6 is 0 Å². The molecule has 1 heterocycles. The van der Waals surface area contributed by atoms with E-state index in [0.717, 1.165) is 17.5 Å². The number of nitrogens with one attached hydrogen (secondary N) is 1. The molecule has 3 amide bonds. The summed E-state index contributed by atoms with van der Waals surface area (Å²) in [6, 6.07) is 7.10. The smallest absolute Gasteiger partial charge is 0.324 e. The van der Waals surface area contributed by atoms with Gasteiger partial charge in [0, 0.05) is 19.5 Å². The molecule has 1 aromatic carbocycles. The third-order valence-electron chi connectivity index (χ3n) is 4.01. The number of imide groups is 1. The second kappa shape index (κ2) is 6.81. The third kappa shape index (κ3) is 4.31. The Labute approximate surface area is 135 Å². The molecule has 1 saturated heterocycles. The lowest BCUT2D eigenvalue weighted by Crippen LogP contribution is -2.40. The van der Waals surface area contributed by atoms with E-state index in [1.54, 1.807) is 13.8 Å². The number of amides is 3. The minimum Gasteiger partial charge on any atom is -0.481 e. The number of likely N-dealkylation sites (tertiary alicyclic amines) is 1. The monoisotopic (exact) mass is 318 g/mol. The fourth-order valence-electron chi connectivity index (χ4n) is 2.50. The molecule has 2 rings (SSSR count). The number of aliphatic carboxylic acids is 1. The van der Waals surface area contributed by atoms with Gasteiger partial charge in [-0.3, -0.25) is 14.5 Å². The van der Waals surface area contributed by atoms with Crippen LogP contribution in [0.1, 0.15) is 37.8 Å². The molecule has 0 bridgehead atoms. The van der Waals surface area contributed by atoms with Crippen molar-refractivity contribution in [2.45, 2.75) is 39.7 Å². The van der Waals surface area contributed by atoms with Gasteiger partial charge in [-0.05, 0) is 37.8 Å². The highest BCUT2D eigenvalue weighted by Crippen LogP contribution is 2.22. The molecule has 23 heavy (non-hydrogen) atoms. The zero-order valence-corrected chi connectivity index (χ0v) is 13.5. The van der Waals surface area contributed by atoms with Crippen molar-refractivity contribution in [2.24, 2.45) is 5.41 Å². The number of carbonyl (C=O) groups is 3. The minimum absolute atomic E-state index is 0.131. The number of carboxylic acid groups (broad SMARTS) is 1. The van der Waals surface area contributed by atoms with E-state index in [9.17, 15) is 14.4 Å². The predicted octanol–water partition coefficient (Wildman–Crippen LogP) is 2.17. The Hall–Kier alpha value is -2.37. The zero-order valence-electron chi connectivity index (χ0n) is 13.5. The molecule has 0 spiro atoms. The average Bonchev–Trinajstić information content (AvgIpc) is 2.92. The fourth-order valence-corrected chi connectivity index (χ4v) is 2.50. The highest BCUT2D eigenvalue weighted by molar-refractivity contribution is 5.95. The number of hydrogen-bond donors (Lipinski definition) is 2. The lowest BCUT2D eigenvalue weighted by molar-refractivity contribution is -0.146. The Balaban J connectivity index is 1.89. The Morgan fingerprint density at radius 2 is 1.83 bits per heavy atom. The molecule has 2 N–H and O–H groups in total. The van der Waals surface area contributed by atoms with E-state index in [1.807, 2.05) is 24.3 Å². The lowest BCUT2D eigenvalue weighted by atomic mass is 9.86. The van der Waals surface area contributed by atoms with Crippen LogP contribution in [0.3, 0.4) is 0 Å². The van der Waals surface area contributed by atoms with Gasteiger partial charge in [-0.25, -0.2) is 4.79 Å². The standard InChI is InChI=1S/C17H22N2O4/c1-17(2,15(21)22)10-12-5-7-13(8-6-12)11-18-16(23)19-9-3-4-14(19)20/h5-8H,3-4,9-11H2,1-2H3,(H,18,23)(H,21,22). The van der Waals surface area contributed by atoms with Crippen LogP contribution in [0.4, 0.5) is 4.79 Å². The first-order chi connectivity index (χ1) is 10.8. The molecule has 0 radical (unpaired) electrons. The second-order valence-electron chi connectivity index (χ2n) is 6.49. The first kappa shape index (κ1) is 17.0. The summed E-state index contributed by atoms with van der Waals surface area (Å²) in [6.07, 6.45) is 1.60. The van der Waals surface area contributed by atoms with E-state index in [1.165, 1.54) is 4.90 Å². The Kier molecular flexibility index (Phi) is 5.03. The summed E-state index contributed by atoms with van der Waals surface area (Å²) >= 11 is 0. The van der Waals surface area contributed by atoms with Crippen molar-refractivity contribution in [2.75, 3.05) is 6.54 Å². The first-order valence-corrected chi connectivity index (χ1v) is 7.69. The van der Waals surface area contributed by atoms with Gasteiger partial charge in [0.15, 0.2) is 0 Å². The summed E-state index contributed by atoms with van der Waals surface area (Å²) < 4.78 is 0. The van der Waals surface area contributed by atoms with Crippen LogP contribution in [-0.2, 0) is 22.6 Å². The maximum absolute atomic E-state index is 11.9. The van der Waals surface area contributed by atoms with Gasteiger partial charge in [0.2, 0.25) is 5.91 Å². The maximum Gasteiger partial charge on any atom is 0.324 e. The number of urea groups is 1. The molecule has 0 saturated carbocycles. The second-order valence-corrected chi connectivity index (χ2v) is 6.49. The molecule has 0 aromatic heterocycles. The molecule has 6 heteroatoms. The zero-order chi connectivity index (χ0) is 17.0. The van der Waals surface area contributed by atoms with Crippen LogP contribution in [0.25, 0.3) is 0 Å². The van der Waals surface area contributed by atoms with E-state index < -0.39 is 11.4 Å².